The van der Waals surface area contributed by atoms with Crippen LogP contribution in [0.2, 0.25) is 0 Å². The number of anilines is 1. The molecule has 1 amide bonds. The molecular formula is C23H21FN6O3. The van der Waals surface area contributed by atoms with Gasteiger partial charge in [0, 0.05) is 12.1 Å². The van der Waals surface area contributed by atoms with Crippen molar-refractivity contribution in [1.82, 2.24) is 24.6 Å². The number of para-hydroxylation sites is 1. The number of piperidine rings is 1. The van der Waals surface area contributed by atoms with Gasteiger partial charge in [0.15, 0.2) is 5.65 Å². The quantitative estimate of drug-likeness (QED) is 0.482. The number of halogens is 1. The van der Waals surface area contributed by atoms with E-state index in [0.717, 1.165) is 16.2 Å². The van der Waals surface area contributed by atoms with E-state index in [1.54, 1.807) is 0 Å². The summed E-state index contributed by atoms with van der Waals surface area (Å²) in [7, 11) is 0. The molecule has 1 aliphatic rings. The summed E-state index contributed by atoms with van der Waals surface area (Å²) < 4.78 is 22.3. The van der Waals surface area contributed by atoms with Crippen LogP contribution in [0.15, 0.2) is 60.9 Å². The normalized spacial score (nSPS) is 18.4. The molecule has 4 aromatic rings. The fourth-order valence-corrected chi connectivity index (χ4v) is 4.08. The SMILES string of the molecule is Nc1ncnc2c1c(-c1ccc(Oc3ccccc3)cc1)nn2[C@@H]1CCN(C(=O)O)C[C@H]1F. The Morgan fingerprint density at radius 2 is 1.82 bits per heavy atom. The second-order valence-electron chi connectivity index (χ2n) is 7.79. The Bertz CT molecular complexity index is 1300. The van der Waals surface area contributed by atoms with Crippen molar-refractivity contribution in [2.75, 3.05) is 18.8 Å². The molecule has 5 rings (SSSR count). The standard InChI is InChI=1S/C23H21FN6O3/c24-17-12-29(23(31)32)11-10-18(17)30-22-19(21(25)26-13-27-22)20(28-30)14-6-8-16(9-7-14)33-15-4-2-1-3-5-15/h1-9,13,17-18H,10-12H2,(H,31,32)(H2,25,26,27)/t17-,18-/m1/s1. The zero-order valence-corrected chi connectivity index (χ0v) is 17.5. The van der Waals surface area contributed by atoms with Crippen LogP contribution in [-0.4, -0.2) is 55.1 Å². The van der Waals surface area contributed by atoms with Gasteiger partial charge in [-0.25, -0.2) is 23.8 Å². The van der Waals surface area contributed by atoms with Crippen molar-refractivity contribution in [2.45, 2.75) is 18.6 Å². The summed E-state index contributed by atoms with van der Waals surface area (Å²) in [5.41, 5.74) is 7.85. The Morgan fingerprint density at radius 1 is 1.09 bits per heavy atom. The predicted molar refractivity (Wildman–Crippen MR) is 120 cm³/mol. The molecule has 33 heavy (non-hydrogen) atoms. The summed E-state index contributed by atoms with van der Waals surface area (Å²) in [6.07, 6.45) is -0.969. The van der Waals surface area contributed by atoms with Crippen LogP contribution in [-0.2, 0) is 0 Å². The molecule has 2 aromatic heterocycles. The molecule has 1 saturated heterocycles. The minimum atomic E-state index is -1.43. The molecule has 1 aliphatic heterocycles. The number of benzene rings is 2. The van der Waals surface area contributed by atoms with Crippen LogP contribution >= 0.6 is 0 Å². The van der Waals surface area contributed by atoms with Crippen LogP contribution < -0.4 is 10.5 Å². The second kappa shape index (κ2) is 8.38. The molecule has 0 spiro atoms. The van der Waals surface area contributed by atoms with E-state index in [9.17, 15) is 14.3 Å². The lowest BCUT2D eigenvalue weighted by molar-refractivity contribution is 0.0768. The van der Waals surface area contributed by atoms with Crippen molar-refractivity contribution in [1.29, 1.82) is 0 Å². The topological polar surface area (TPSA) is 119 Å². The van der Waals surface area contributed by atoms with E-state index in [-0.39, 0.29) is 25.3 Å². The Balaban J connectivity index is 1.50. The second-order valence-corrected chi connectivity index (χ2v) is 7.79. The molecule has 3 heterocycles. The zero-order chi connectivity index (χ0) is 22.9. The molecule has 0 radical (unpaired) electrons. The van der Waals surface area contributed by atoms with Crippen molar-refractivity contribution < 1.29 is 19.0 Å². The molecule has 0 bridgehead atoms. The Labute approximate surface area is 188 Å². The number of alkyl halides is 1. The van der Waals surface area contributed by atoms with Crippen LogP contribution in [0.3, 0.4) is 0 Å². The highest BCUT2D eigenvalue weighted by Crippen LogP contribution is 2.35. The summed E-state index contributed by atoms with van der Waals surface area (Å²) in [5.74, 6) is 1.62. The van der Waals surface area contributed by atoms with Gasteiger partial charge in [0.1, 0.15) is 35.5 Å². The van der Waals surface area contributed by atoms with Gasteiger partial charge < -0.3 is 20.5 Å². The summed E-state index contributed by atoms with van der Waals surface area (Å²) in [5, 5.41) is 14.4. The monoisotopic (exact) mass is 448 g/mol. The van der Waals surface area contributed by atoms with Gasteiger partial charge in [-0.1, -0.05) is 18.2 Å². The molecule has 2 aromatic carbocycles. The third-order valence-corrected chi connectivity index (χ3v) is 5.72. The van der Waals surface area contributed by atoms with E-state index in [2.05, 4.69) is 15.1 Å². The number of nitrogens with zero attached hydrogens (tertiary/aromatic N) is 5. The first-order valence-corrected chi connectivity index (χ1v) is 10.4. The maximum Gasteiger partial charge on any atom is 0.407 e. The fourth-order valence-electron chi connectivity index (χ4n) is 4.08. The first-order chi connectivity index (χ1) is 16.0. The van der Waals surface area contributed by atoms with E-state index >= 15 is 0 Å². The summed E-state index contributed by atoms with van der Waals surface area (Å²) in [4.78, 5) is 20.7. The number of carbonyl (C=O) groups is 1. The van der Waals surface area contributed by atoms with Crippen molar-refractivity contribution >= 4 is 22.9 Å². The van der Waals surface area contributed by atoms with E-state index in [0.29, 0.717) is 22.5 Å². The first-order valence-electron chi connectivity index (χ1n) is 10.4. The van der Waals surface area contributed by atoms with Crippen molar-refractivity contribution in [3.63, 3.8) is 0 Å². The number of hydrogen-bond donors (Lipinski definition) is 2. The number of nitrogens with two attached hydrogens (primary N) is 1. The maximum absolute atomic E-state index is 15.0. The number of fused-ring (bicyclic) bond motifs is 1. The number of amides is 1. The van der Waals surface area contributed by atoms with Gasteiger partial charge in [-0.2, -0.15) is 5.10 Å². The molecular weight excluding hydrogens is 427 g/mol. The fraction of sp³-hybridized carbons (Fsp3) is 0.217. The van der Waals surface area contributed by atoms with Gasteiger partial charge in [0.05, 0.1) is 18.0 Å². The molecule has 0 saturated carbocycles. The zero-order valence-electron chi connectivity index (χ0n) is 17.5. The van der Waals surface area contributed by atoms with Crippen LogP contribution in [0.1, 0.15) is 12.5 Å². The maximum atomic E-state index is 15.0. The molecule has 9 nitrogen and oxygen atoms in total. The van der Waals surface area contributed by atoms with E-state index in [1.165, 1.54) is 11.0 Å². The van der Waals surface area contributed by atoms with Crippen molar-refractivity contribution in [3.8, 4) is 22.8 Å². The number of rotatable bonds is 4. The lowest BCUT2D eigenvalue weighted by Crippen LogP contribution is -2.45. The average molecular weight is 448 g/mol. The lowest BCUT2D eigenvalue weighted by atomic mass is 10.0. The Hall–Kier alpha value is -4.21. The number of ether oxygens (including phenoxy) is 1. The van der Waals surface area contributed by atoms with Gasteiger partial charge in [0.25, 0.3) is 0 Å². The van der Waals surface area contributed by atoms with Gasteiger partial charge in [0.2, 0.25) is 0 Å². The molecule has 0 unspecified atom stereocenters. The molecule has 2 atom stereocenters. The molecule has 10 heteroatoms. The predicted octanol–water partition coefficient (Wildman–Crippen LogP) is 4.13. The molecule has 168 valence electrons. The Kier molecular flexibility index (Phi) is 5.25. The number of carboxylic acid groups (broad SMARTS) is 1. The van der Waals surface area contributed by atoms with E-state index < -0.39 is 18.3 Å². The summed E-state index contributed by atoms with van der Waals surface area (Å²) in [6.45, 7) is -0.00797. The van der Waals surface area contributed by atoms with E-state index in [4.69, 9.17) is 10.5 Å². The summed E-state index contributed by atoms with van der Waals surface area (Å²) >= 11 is 0. The first kappa shape index (κ1) is 20.7. The highest BCUT2D eigenvalue weighted by molar-refractivity contribution is 5.98. The third kappa shape index (κ3) is 3.91. The van der Waals surface area contributed by atoms with Crippen molar-refractivity contribution in [2.24, 2.45) is 0 Å². The van der Waals surface area contributed by atoms with Gasteiger partial charge in [-0.15, -0.1) is 0 Å². The van der Waals surface area contributed by atoms with Crippen LogP contribution in [0.4, 0.5) is 15.0 Å². The number of hydrogen-bond acceptors (Lipinski definition) is 6. The van der Waals surface area contributed by atoms with Gasteiger partial charge in [-0.05, 0) is 42.8 Å². The largest absolute Gasteiger partial charge is 0.465 e. The smallest absolute Gasteiger partial charge is 0.407 e. The van der Waals surface area contributed by atoms with Crippen molar-refractivity contribution in [3.05, 3.63) is 60.9 Å². The minimum absolute atomic E-state index is 0.212. The number of aromatic nitrogens is 4. The third-order valence-electron chi connectivity index (χ3n) is 5.72. The highest BCUT2D eigenvalue weighted by atomic mass is 19.1. The van der Waals surface area contributed by atoms with Crippen LogP contribution in [0.5, 0.6) is 11.5 Å². The molecule has 1 fully saturated rings. The van der Waals surface area contributed by atoms with Crippen LogP contribution in [0, 0.1) is 0 Å². The molecule has 3 N–H and O–H groups in total. The Morgan fingerprint density at radius 3 is 2.52 bits per heavy atom. The van der Waals surface area contributed by atoms with Gasteiger partial charge >= 0.3 is 6.09 Å². The number of nitrogen functional groups attached to an aromatic ring is 1. The summed E-state index contributed by atoms with van der Waals surface area (Å²) in [6, 6.07) is 16.1. The van der Waals surface area contributed by atoms with Crippen LogP contribution in [0.25, 0.3) is 22.3 Å². The minimum Gasteiger partial charge on any atom is -0.465 e. The van der Waals surface area contributed by atoms with E-state index in [1.807, 2.05) is 54.6 Å². The molecule has 0 aliphatic carbocycles. The highest BCUT2D eigenvalue weighted by Gasteiger charge is 2.35. The van der Waals surface area contributed by atoms with Gasteiger partial charge in [-0.3, -0.25) is 0 Å². The number of likely N-dealkylation sites (tertiary alicyclic amines) is 1. The average Bonchev–Trinajstić information content (AvgIpc) is 3.21. The lowest BCUT2D eigenvalue weighted by Gasteiger charge is -2.33.